The van der Waals surface area contributed by atoms with Crippen molar-refractivity contribution in [2.24, 2.45) is 5.92 Å². The fourth-order valence-electron chi connectivity index (χ4n) is 3.08. The van der Waals surface area contributed by atoms with Crippen LogP contribution in [0.3, 0.4) is 0 Å². The number of benzene rings is 1. The molecule has 1 N–H and O–H groups in total. The number of hydrogen-bond donors (Lipinski definition) is 1. The highest BCUT2D eigenvalue weighted by molar-refractivity contribution is 6.13. The van der Waals surface area contributed by atoms with Crippen molar-refractivity contribution in [2.45, 2.75) is 51.0 Å². The molecule has 0 bridgehead atoms. The van der Waals surface area contributed by atoms with Gasteiger partial charge in [0, 0.05) is 6.04 Å². The second-order valence-electron chi connectivity index (χ2n) is 5.15. The van der Waals surface area contributed by atoms with Crippen molar-refractivity contribution < 1.29 is 0 Å². The molecule has 1 aromatic rings. The number of halogens is 1. The van der Waals surface area contributed by atoms with Gasteiger partial charge in [-0.25, -0.2) is 4.84 Å². The van der Waals surface area contributed by atoms with Gasteiger partial charge in [0.15, 0.2) is 0 Å². The van der Waals surface area contributed by atoms with E-state index < -0.39 is 0 Å². The smallest absolute Gasteiger partial charge is 0.0246 e. The van der Waals surface area contributed by atoms with Crippen LogP contribution in [0.4, 0.5) is 0 Å². The summed E-state index contributed by atoms with van der Waals surface area (Å²) in [6, 6.07) is 11.4. The minimum absolute atomic E-state index is 0.494. The average molecular weight is 252 g/mol. The molecule has 0 amide bonds. The second-order valence-corrected chi connectivity index (χ2v) is 5.36. The second kappa shape index (κ2) is 6.42. The van der Waals surface area contributed by atoms with Gasteiger partial charge < -0.3 is 0 Å². The third-order valence-electron chi connectivity index (χ3n) is 4.19. The van der Waals surface area contributed by atoms with Crippen molar-refractivity contribution in [2.75, 3.05) is 0 Å². The van der Waals surface area contributed by atoms with Crippen LogP contribution in [0.25, 0.3) is 0 Å². The van der Waals surface area contributed by atoms with E-state index in [0.717, 1.165) is 18.3 Å². The van der Waals surface area contributed by atoms with Gasteiger partial charge in [-0.3, -0.25) is 0 Å². The Kier molecular flexibility index (Phi) is 4.87. The molecule has 0 spiro atoms. The molecular weight excluding hydrogens is 230 g/mol. The quantitative estimate of drug-likeness (QED) is 0.778. The first-order valence-electron chi connectivity index (χ1n) is 6.76. The van der Waals surface area contributed by atoms with Crippen molar-refractivity contribution in [1.29, 1.82) is 0 Å². The number of hydrogen-bond acceptors (Lipinski definition) is 1. The van der Waals surface area contributed by atoms with Crippen molar-refractivity contribution in [3.8, 4) is 0 Å². The maximum absolute atomic E-state index is 5.80. The lowest BCUT2D eigenvalue weighted by Gasteiger charge is -2.33. The number of nitrogens with one attached hydrogen (secondary N) is 1. The van der Waals surface area contributed by atoms with Crippen LogP contribution < -0.4 is 4.84 Å². The fraction of sp³-hybridized carbons (Fsp3) is 0.600. The molecule has 0 aromatic heterocycles. The van der Waals surface area contributed by atoms with Gasteiger partial charge in [0.2, 0.25) is 0 Å². The van der Waals surface area contributed by atoms with E-state index in [4.69, 9.17) is 11.8 Å². The molecule has 1 fully saturated rings. The summed E-state index contributed by atoms with van der Waals surface area (Å²) in [6.07, 6.45) is 6.35. The Hall–Kier alpha value is -0.530. The highest BCUT2D eigenvalue weighted by Crippen LogP contribution is 2.37. The lowest BCUT2D eigenvalue weighted by molar-refractivity contribution is 0.267. The van der Waals surface area contributed by atoms with Gasteiger partial charge in [-0.05, 0) is 61.3 Å². The lowest BCUT2D eigenvalue weighted by Crippen LogP contribution is -2.32. The maximum Gasteiger partial charge on any atom is 0.0246 e. The first kappa shape index (κ1) is 12.9. The van der Waals surface area contributed by atoms with Crippen LogP contribution in [0.1, 0.15) is 50.5 Å². The standard InChI is InChI=1S/C15H22ClN/c1-2-15(17-16)14-10-8-13(9-11-14)12-6-4-3-5-7-12/h3-7,13-15,17H,2,8-11H2,1H3. The number of rotatable bonds is 4. The van der Waals surface area contributed by atoms with E-state index in [0.29, 0.717) is 6.04 Å². The minimum atomic E-state index is 0.494. The van der Waals surface area contributed by atoms with Gasteiger partial charge >= 0.3 is 0 Å². The fourth-order valence-corrected chi connectivity index (χ4v) is 3.41. The Morgan fingerprint density at radius 2 is 1.82 bits per heavy atom. The average Bonchev–Trinajstić information content (AvgIpc) is 2.42. The Bertz CT molecular complexity index is 313. The highest BCUT2D eigenvalue weighted by Gasteiger charge is 2.26. The van der Waals surface area contributed by atoms with Crippen molar-refractivity contribution in [3.63, 3.8) is 0 Å². The van der Waals surface area contributed by atoms with Gasteiger partial charge in [0.25, 0.3) is 0 Å². The van der Waals surface area contributed by atoms with Crippen LogP contribution in [0.5, 0.6) is 0 Å². The first-order valence-corrected chi connectivity index (χ1v) is 7.14. The summed E-state index contributed by atoms with van der Waals surface area (Å²) in [7, 11) is 0. The molecule has 0 saturated heterocycles. The Labute approximate surface area is 110 Å². The molecule has 2 heteroatoms. The molecule has 1 aliphatic rings. The van der Waals surface area contributed by atoms with E-state index in [2.05, 4.69) is 42.1 Å². The third-order valence-corrected chi connectivity index (χ3v) is 4.47. The van der Waals surface area contributed by atoms with E-state index in [1.165, 1.54) is 31.2 Å². The molecule has 1 unspecified atom stereocenters. The zero-order valence-electron chi connectivity index (χ0n) is 10.5. The monoisotopic (exact) mass is 251 g/mol. The summed E-state index contributed by atoms with van der Waals surface area (Å²) in [4.78, 5) is 2.95. The van der Waals surface area contributed by atoms with Crippen molar-refractivity contribution >= 4 is 11.8 Å². The molecule has 1 atom stereocenters. The van der Waals surface area contributed by atoms with Gasteiger partial charge in [0.05, 0.1) is 0 Å². The van der Waals surface area contributed by atoms with E-state index in [1.807, 2.05) is 0 Å². The Balaban J connectivity index is 1.90. The van der Waals surface area contributed by atoms with E-state index >= 15 is 0 Å². The molecular formula is C15H22ClN. The van der Waals surface area contributed by atoms with E-state index in [9.17, 15) is 0 Å². The summed E-state index contributed by atoms with van der Waals surface area (Å²) >= 11 is 5.80. The van der Waals surface area contributed by atoms with E-state index in [1.54, 1.807) is 0 Å². The van der Waals surface area contributed by atoms with Crippen LogP contribution in [0.2, 0.25) is 0 Å². The summed E-state index contributed by atoms with van der Waals surface area (Å²) in [5.74, 6) is 1.53. The molecule has 1 aliphatic carbocycles. The summed E-state index contributed by atoms with van der Waals surface area (Å²) in [6.45, 7) is 2.21. The van der Waals surface area contributed by atoms with Gasteiger partial charge in [0.1, 0.15) is 0 Å². The van der Waals surface area contributed by atoms with Crippen LogP contribution >= 0.6 is 11.8 Å². The third kappa shape index (κ3) is 3.23. The molecule has 1 aromatic carbocycles. The highest BCUT2D eigenvalue weighted by atomic mass is 35.5. The SMILES string of the molecule is CCC(NCl)C1CCC(c2ccccc2)CC1. The molecule has 1 saturated carbocycles. The summed E-state index contributed by atoms with van der Waals surface area (Å²) in [5, 5.41) is 0. The van der Waals surface area contributed by atoms with Crippen LogP contribution in [0, 0.1) is 5.92 Å². The molecule has 2 rings (SSSR count). The van der Waals surface area contributed by atoms with Gasteiger partial charge in [-0.15, -0.1) is 0 Å². The predicted molar refractivity (Wildman–Crippen MR) is 74.2 cm³/mol. The molecule has 0 aliphatic heterocycles. The maximum atomic E-state index is 5.80. The normalized spacial score (nSPS) is 26.7. The molecule has 94 valence electrons. The van der Waals surface area contributed by atoms with Crippen LogP contribution in [0.15, 0.2) is 30.3 Å². The Morgan fingerprint density at radius 3 is 2.35 bits per heavy atom. The molecule has 0 heterocycles. The van der Waals surface area contributed by atoms with E-state index in [-0.39, 0.29) is 0 Å². The molecule has 1 nitrogen and oxygen atoms in total. The topological polar surface area (TPSA) is 12.0 Å². The summed E-state index contributed by atoms with van der Waals surface area (Å²) in [5.41, 5.74) is 1.51. The van der Waals surface area contributed by atoms with Gasteiger partial charge in [-0.2, -0.15) is 0 Å². The first-order chi connectivity index (χ1) is 8.35. The van der Waals surface area contributed by atoms with Crippen molar-refractivity contribution in [1.82, 2.24) is 4.84 Å². The van der Waals surface area contributed by atoms with Gasteiger partial charge in [-0.1, -0.05) is 37.3 Å². The lowest BCUT2D eigenvalue weighted by atomic mass is 9.76. The van der Waals surface area contributed by atoms with Crippen LogP contribution in [-0.2, 0) is 0 Å². The van der Waals surface area contributed by atoms with Crippen LogP contribution in [-0.4, -0.2) is 6.04 Å². The minimum Gasteiger partial charge on any atom is -0.230 e. The largest absolute Gasteiger partial charge is 0.230 e. The zero-order valence-corrected chi connectivity index (χ0v) is 11.3. The van der Waals surface area contributed by atoms with Crippen molar-refractivity contribution in [3.05, 3.63) is 35.9 Å². The molecule has 0 radical (unpaired) electrons. The Morgan fingerprint density at radius 1 is 1.18 bits per heavy atom. The summed E-state index contributed by atoms with van der Waals surface area (Å²) < 4.78 is 0. The molecule has 17 heavy (non-hydrogen) atoms. The zero-order chi connectivity index (χ0) is 12.1. The predicted octanol–water partition coefficient (Wildman–Crippen LogP) is 4.48.